The first kappa shape index (κ1) is 19.4. The molecule has 2 aromatic heterocycles. The van der Waals surface area contributed by atoms with Crippen LogP contribution in [0.5, 0.6) is 5.75 Å². The Bertz CT molecular complexity index is 1220. The third kappa shape index (κ3) is 3.58. The fourth-order valence-corrected chi connectivity index (χ4v) is 4.55. The highest BCUT2D eigenvalue weighted by atomic mass is 16.5. The molecular weight excluding hydrogens is 388 g/mol. The van der Waals surface area contributed by atoms with Crippen molar-refractivity contribution in [1.29, 1.82) is 0 Å². The van der Waals surface area contributed by atoms with Crippen LogP contribution in [0.4, 0.5) is 0 Å². The average molecular weight is 415 g/mol. The summed E-state index contributed by atoms with van der Waals surface area (Å²) in [5.74, 6) is 1.30. The van der Waals surface area contributed by atoms with Crippen LogP contribution in [0.25, 0.3) is 16.6 Å². The Balaban J connectivity index is 1.31. The van der Waals surface area contributed by atoms with Crippen molar-refractivity contribution in [1.82, 2.24) is 19.7 Å². The van der Waals surface area contributed by atoms with Crippen molar-refractivity contribution in [2.24, 2.45) is 0 Å². The Morgan fingerprint density at radius 3 is 2.61 bits per heavy atom. The number of piperidine rings is 1. The maximum Gasteiger partial charge on any atom is 0.274 e. The zero-order valence-electron chi connectivity index (χ0n) is 17.8. The first-order valence-corrected chi connectivity index (χ1v) is 10.7. The predicted molar refractivity (Wildman–Crippen MR) is 121 cm³/mol. The van der Waals surface area contributed by atoms with E-state index < -0.39 is 0 Å². The fourth-order valence-electron chi connectivity index (χ4n) is 4.55. The van der Waals surface area contributed by atoms with Gasteiger partial charge in [0.25, 0.3) is 5.91 Å². The number of aromatic nitrogens is 3. The van der Waals surface area contributed by atoms with Crippen molar-refractivity contribution < 1.29 is 9.53 Å². The molecule has 1 aliphatic heterocycles. The molecule has 31 heavy (non-hydrogen) atoms. The van der Waals surface area contributed by atoms with E-state index in [0.717, 1.165) is 48.6 Å². The largest absolute Gasteiger partial charge is 0.497 e. The molecule has 0 radical (unpaired) electrons. The molecule has 1 saturated heterocycles. The molecule has 1 aliphatic rings. The molecule has 0 aliphatic carbocycles. The van der Waals surface area contributed by atoms with Crippen LogP contribution in [0.3, 0.4) is 0 Å². The number of rotatable bonds is 4. The summed E-state index contributed by atoms with van der Waals surface area (Å²) in [5.41, 5.74) is 4.86. The number of benzene rings is 2. The van der Waals surface area contributed by atoms with Crippen LogP contribution in [-0.2, 0) is 0 Å². The van der Waals surface area contributed by atoms with E-state index in [1.165, 1.54) is 10.9 Å². The first-order chi connectivity index (χ1) is 15.1. The molecule has 0 atom stereocenters. The predicted octanol–water partition coefficient (Wildman–Crippen LogP) is 4.69. The highest BCUT2D eigenvalue weighted by Crippen LogP contribution is 2.35. The second-order valence-corrected chi connectivity index (χ2v) is 8.14. The Kier molecular flexibility index (Phi) is 4.98. The lowest BCUT2D eigenvalue weighted by molar-refractivity contribution is 0.0707. The van der Waals surface area contributed by atoms with Gasteiger partial charge in [0.05, 0.1) is 12.8 Å². The number of nitrogens with one attached hydrogen (secondary N) is 1. The highest BCUT2D eigenvalue weighted by Gasteiger charge is 2.27. The van der Waals surface area contributed by atoms with Crippen LogP contribution >= 0.6 is 0 Å². The standard InChI is InChI=1S/C25H26N4O2/c1-17-14-24(27-29(17)19-6-4-3-5-7-19)25(30)28-12-10-18(11-13-28)22-16-26-23-9-8-20(31-2)15-21(22)23/h3-9,14-16,18,26H,10-13H2,1-2H3. The molecule has 1 N–H and O–H groups in total. The van der Waals surface area contributed by atoms with E-state index in [9.17, 15) is 4.79 Å². The number of para-hydroxylation sites is 1. The molecule has 158 valence electrons. The van der Waals surface area contributed by atoms with Gasteiger partial charge in [0.2, 0.25) is 0 Å². The number of methoxy groups -OCH3 is 1. The summed E-state index contributed by atoms with van der Waals surface area (Å²) in [6.45, 7) is 3.45. The van der Waals surface area contributed by atoms with Crippen LogP contribution < -0.4 is 4.74 Å². The molecule has 3 heterocycles. The maximum atomic E-state index is 13.1. The van der Waals surface area contributed by atoms with Crippen molar-refractivity contribution in [2.75, 3.05) is 20.2 Å². The molecule has 1 amide bonds. The molecule has 0 saturated carbocycles. The second kappa shape index (κ2) is 7.95. The minimum atomic E-state index is 0.0110. The van der Waals surface area contributed by atoms with Gasteiger partial charge in [0, 0.05) is 35.9 Å². The molecule has 1 fully saturated rings. The number of fused-ring (bicyclic) bond motifs is 1. The van der Waals surface area contributed by atoms with Crippen molar-refractivity contribution in [3.05, 3.63) is 77.7 Å². The topological polar surface area (TPSA) is 63.1 Å². The van der Waals surface area contributed by atoms with E-state index >= 15 is 0 Å². The van der Waals surface area contributed by atoms with Crippen LogP contribution in [0.2, 0.25) is 0 Å². The summed E-state index contributed by atoms with van der Waals surface area (Å²) in [5, 5.41) is 5.80. The summed E-state index contributed by atoms with van der Waals surface area (Å²) >= 11 is 0. The average Bonchev–Trinajstić information content (AvgIpc) is 3.42. The third-order valence-corrected chi connectivity index (χ3v) is 6.25. The zero-order valence-corrected chi connectivity index (χ0v) is 17.8. The number of H-pyrrole nitrogens is 1. The summed E-state index contributed by atoms with van der Waals surface area (Å²) < 4.78 is 7.23. The van der Waals surface area contributed by atoms with E-state index in [1.54, 1.807) is 7.11 Å². The fraction of sp³-hybridized carbons (Fsp3) is 0.280. The number of carbonyl (C=O) groups excluding carboxylic acids is 1. The SMILES string of the molecule is COc1ccc2[nH]cc(C3CCN(C(=O)c4cc(C)n(-c5ccccc5)n4)CC3)c2c1. The number of aryl methyl sites for hydroxylation is 1. The van der Waals surface area contributed by atoms with Crippen LogP contribution in [0, 0.1) is 6.92 Å². The minimum absolute atomic E-state index is 0.0110. The monoisotopic (exact) mass is 414 g/mol. The number of likely N-dealkylation sites (tertiary alicyclic amines) is 1. The molecule has 2 aromatic carbocycles. The van der Waals surface area contributed by atoms with Gasteiger partial charge in [-0.1, -0.05) is 18.2 Å². The summed E-state index contributed by atoms with van der Waals surface area (Å²) in [6, 6.07) is 17.9. The van der Waals surface area contributed by atoms with Crippen molar-refractivity contribution in [2.45, 2.75) is 25.7 Å². The van der Waals surface area contributed by atoms with E-state index in [0.29, 0.717) is 11.6 Å². The lowest BCUT2D eigenvalue weighted by Crippen LogP contribution is -2.38. The quantitative estimate of drug-likeness (QED) is 0.527. The Labute approximate surface area is 181 Å². The van der Waals surface area contributed by atoms with Gasteiger partial charge < -0.3 is 14.6 Å². The normalized spacial score (nSPS) is 14.8. The minimum Gasteiger partial charge on any atom is -0.497 e. The number of carbonyl (C=O) groups is 1. The Hall–Kier alpha value is -3.54. The zero-order chi connectivity index (χ0) is 21.4. The molecule has 0 bridgehead atoms. The van der Waals surface area contributed by atoms with Gasteiger partial charge in [-0.15, -0.1) is 0 Å². The van der Waals surface area contributed by atoms with E-state index in [-0.39, 0.29) is 5.91 Å². The Morgan fingerprint density at radius 2 is 1.87 bits per heavy atom. The number of hydrogen-bond acceptors (Lipinski definition) is 3. The molecule has 6 nitrogen and oxygen atoms in total. The van der Waals surface area contributed by atoms with Crippen LogP contribution in [-0.4, -0.2) is 45.8 Å². The number of hydrogen-bond donors (Lipinski definition) is 1. The van der Waals surface area contributed by atoms with Crippen molar-refractivity contribution in [3.8, 4) is 11.4 Å². The molecule has 5 rings (SSSR count). The van der Waals surface area contributed by atoms with Crippen LogP contribution in [0.15, 0.2) is 60.8 Å². The van der Waals surface area contributed by atoms with E-state index in [2.05, 4.69) is 28.4 Å². The van der Waals surface area contributed by atoms with Gasteiger partial charge in [0.15, 0.2) is 5.69 Å². The first-order valence-electron chi connectivity index (χ1n) is 10.7. The number of aromatic amines is 1. The molecule has 0 unspecified atom stereocenters. The van der Waals surface area contributed by atoms with Gasteiger partial charge in [-0.3, -0.25) is 4.79 Å². The summed E-state index contributed by atoms with van der Waals surface area (Å²) in [4.78, 5) is 18.4. The molecule has 0 spiro atoms. The van der Waals surface area contributed by atoms with Gasteiger partial charge >= 0.3 is 0 Å². The molecular formula is C25H26N4O2. The maximum absolute atomic E-state index is 13.1. The van der Waals surface area contributed by atoms with Crippen molar-refractivity contribution in [3.63, 3.8) is 0 Å². The van der Waals surface area contributed by atoms with Gasteiger partial charge in [-0.25, -0.2) is 4.68 Å². The van der Waals surface area contributed by atoms with E-state index in [4.69, 9.17) is 4.74 Å². The van der Waals surface area contributed by atoms with Gasteiger partial charge in [-0.05, 0) is 67.6 Å². The van der Waals surface area contributed by atoms with Gasteiger partial charge in [-0.2, -0.15) is 5.10 Å². The number of nitrogens with zero attached hydrogens (tertiary/aromatic N) is 3. The summed E-state index contributed by atoms with van der Waals surface area (Å²) in [7, 11) is 1.69. The molecule has 6 heteroatoms. The smallest absolute Gasteiger partial charge is 0.274 e. The van der Waals surface area contributed by atoms with Crippen molar-refractivity contribution >= 4 is 16.8 Å². The highest BCUT2D eigenvalue weighted by molar-refractivity contribution is 5.92. The third-order valence-electron chi connectivity index (χ3n) is 6.25. The number of ether oxygens (including phenoxy) is 1. The lowest BCUT2D eigenvalue weighted by Gasteiger charge is -2.31. The Morgan fingerprint density at radius 1 is 1.10 bits per heavy atom. The second-order valence-electron chi connectivity index (χ2n) is 8.14. The number of amides is 1. The lowest BCUT2D eigenvalue weighted by atomic mass is 9.89. The van der Waals surface area contributed by atoms with E-state index in [1.807, 2.05) is 59.0 Å². The van der Waals surface area contributed by atoms with Crippen LogP contribution in [0.1, 0.15) is 40.5 Å². The molecule has 4 aromatic rings. The summed E-state index contributed by atoms with van der Waals surface area (Å²) in [6.07, 6.45) is 3.99. The van der Waals surface area contributed by atoms with Gasteiger partial charge in [0.1, 0.15) is 5.75 Å².